The Morgan fingerprint density at radius 3 is 2.82 bits per heavy atom. The van der Waals surface area contributed by atoms with Gasteiger partial charge >= 0.3 is 0 Å². The van der Waals surface area contributed by atoms with Crippen LogP contribution >= 0.6 is 0 Å². The Bertz CT molecular complexity index is 431. The van der Waals surface area contributed by atoms with E-state index in [2.05, 4.69) is 5.16 Å². The van der Waals surface area contributed by atoms with Crippen molar-refractivity contribution in [1.82, 2.24) is 4.90 Å². The zero-order chi connectivity index (χ0) is 12.3. The molecule has 0 unspecified atom stereocenters. The lowest BCUT2D eigenvalue weighted by Gasteiger charge is -2.16. The largest absolute Gasteiger partial charge is 0.409 e. The molecular weight excluding hydrogens is 218 g/mol. The van der Waals surface area contributed by atoms with Crippen molar-refractivity contribution >= 4 is 11.7 Å². The van der Waals surface area contributed by atoms with Crippen molar-refractivity contribution in [3.63, 3.8) is 0 Å². The van der Waals surface area contributed by atoms with Gasteiger partial charge in [0, 0.05) is 25.4 Å². The third kappa shape index (κ3) is 2.55. The number of carbonyl (C=O) groups excluding carboxylic acids is 1. The minimum atomic E-state index is -0.170. The average molecular weight is 233 g/mol. The van der Waals surface area contributed by atoms with E-state index in [1.165, 1.54) is 0 Å². The molecule has 0 radical (unpaired) electrons. The Kier molecular flexibility index (Phi) is 3.27. The van der Waals surface area contributed by atoms with Gasteiger partial charge < -0.3 is 15.8 Å². The van der Waals surface area contributed by atoms with Gasteiger partial charge in [0.05, 0.1) is 0 Å². The molecule has 2 rings (SSSR count). The van der Waals surface area contributed by atoms with Crippen molar-refractivity contribution in [2.24, 2.45) is 16.8 Å². The van der Waals surface area contributed by atoms with Crippen LogP contribution in [0.15, 0.2) is 35.5 Å². The summed E-state index contributed by atoms with van der Waals surface area (Å²) in [5, 5.41) is 11.6. The molecule has 3 N–H and O–H groups in total. The second kappa shape index (κ2) is 4.86. The lowest BCUT2D eigenvalue weighted by atomic mass is 10.1. The van der Waals surface area contributed by atoms with Crippen LogP contribution in [-0.4, -0.2) is 28.4 Å². The predicted octanol–water partition coefficient (Wildman–Crippen LogP) is 0.781. The Morgan fingerprint density at radius 2 is 2.18 bits per heavy atom. The minimum Gasteiger partial charge on any atom is -0.409 e. The molecule has 1 aliphatic heterocycles. The molecule has 5 nitrogen and oxygen atoms in total. The molecule has 1 aliphatic rings. The fraction of sp³-hybridized carbons (Fsp3) is 0.333. The van der Waals surface area contributed by atoms with Crippen LogP contribution in [0.5, 0.6) is 0 Å². The number of amidine groups is 1. The highest BCUT2D eigenvalue weighted by Crippen LogP contribution is 2.20. The zero-order valence-corrected chi connectivity index (χ0v) is 9.41. The lowest BCUT2D eigenvalue weighted by Crippen LogP contribution is -2.28. The number of nitrogens with zero attached hydrogens (tertiary/aromatic N) is 2. The molecule has 0 aliphatic carbocycles. The van der Waals surface area contributed by atoms with Crippen molar-refractivity contribution in [3.05, 3.63) is 35.9 Å². The van der Waals surface area contributed by atoms with Gasteiger partial charge in [-0.2, -0.15) is 0 Å². The van der Waals surface area contributed by atoms with E-state index in [-0.39, 0.29) is 17.7 Å². The van der Waals surface area contributed by atoms with Crippen LogP contribution in [0.25, 0.3) is 0 Å². The second-order valence-electron chi connectivity index (χ2n) is 4.19. The molecular formula is C12H15N3O2. The van der Waals surface area contributed by atoms with Crippen molar-refractivity contribution in [1.29, 1.82) is 0 Å². The van der Waals surface area contributed by atoms with E-state index in [9.17, 15) is 4.79 Å². The molecule has 0 bridgehead atoms. The maximum Gasteiger partial charge on any atom is 0.223 e. The monoisotopic (exact) mass is 233 g/mol. The van der Waals surface area contributed by atoms with Gasteiger partial charge in [-0.1, -0.05) is 35.5 Å². The first-order valence-corrected chi connectivity index (χ1v) is 5.50. The summed E-state index contributed by atoms with van der Waals surface area (Å²) in [4.78, 5) is 13.5. The van der Waals surface area contributed by atoms with E-state index in [4.69, 9.17) is 10.9 Å². The molecule has 0 aromatic heterocycles. The van der Waals surface area contributed by atoms with Crippen molar-refractivity contribution < 1.29 is 10.0 Å². The van der Waals surface area contributed by atoms with E-state index >= 15 is 0 Å². The number of nitrogens with two attached hydrogens (primary N) is 1. The van der Waals surface area contributed by atoms with Crippen molar-refractivity contribution in [2.75, 3.05) is 6.54 Å². The van der Waals surface area contributed by atoms with Gasteiger partial charge in [0.1, 0.15) is 5.84 Å². The lowest BCUT2D eigenvalue weighted by molar-refractivity contribution is -0.128. The van der Waals surface area contributed by atoms with Gasteiger partial charge in [0.15, 0.2) is 0 Å². The molecule has 17 heavy (non-hydrogen) atoms. The molecule has 5 heteroatoms. The highest BCUT2D eigenvalue weighted by Gasteiger charge is 2.32. The highest BCUT2D eigenvalue weighted by molar-refractivity contribution is 5.91. The summed E-state index contributed by atoms with van der Waals surface area (Å²) in [7, 11) is 0. The summed E-state index contributed by atoms with van der Waals surface area (Å²) in [6.45, 7) is 1.10. The van der Waals surface area contributed by atoms with Crippen LogP contribution in [0.1, 0.15) is 12.0 Å². The van der Waals surface area contributed by atoms with E-state index < -0.39 is 0 Å². The summed E-state index contributed by atoms with van der Waals surface area (Å²) in [6.07, 6.45) is 0.322. The first-order chi connectivity index (χ1) is 8.20. The molecule has 1 aromatic rings. The normalized spacial score (nSPS) is 20.9. The average Bonchev–Trinajstić information content (AvgIpc) is 2.71. The molecule has 1 aromatic carbocycles. The Hall–Kier alpha value is -2.04. The Labute approximate surface area is 99.5 Å². The fourth-order valence-corrected chi connectivity index (χ4v) is 2.01. The van der Waals surface area contributed by atoms with Crippen LogP contribution in [0.2, 0.25) is 0 Å². The molecule has 1 amide bonds. The maximum atomic E-state index is 11.7. The third-order valence-electron chi connectivity index (χ3n) is 2.96. The molecule has 90 valence electrons. The molecule has 1 fully saturated rings. The van der Waals surface area contributed by atoms with Gasteiger partial charge in [0.2, 0.25) is 5.91 Å². The number of hydrogen-bond donors (Lipinski definition) is 2. The number of carbonyl (C=O) groups is 1. The summed E-state index contributed by atoms with van der Waals surface area (Å²) in [5.74, 6) is 0.00979. The van der Waals surface area contributed by atoms with Crippen LogP contribution in [0, 0.1) is 5.92 Å². The number of oxime groups is 1. The summed E-state index contributed by atoms with van der Waals surface area (Å²) < 4.78 is 0. The molecule has 1 saturated heterocycles. The van der Waals surface area contributed by atoms with E-state index in [0.29, 0.717) is 19.5 Å². The van der Waals surface area contributed by atoms with Gasteiger partial charge in [-0.3, -0.25) is 4.79 Å². The second-order valence-corrected chi connectivity index (χ2v) is 4.19. The van der Waals surface area contributed by atoms with Crippen LogP contribution < -0.4 is 5.73 Å². The number of rotatable bonds is 3. The smallest absolute Gasteiger partial charge is 0.223 e. The number of benzene rings is 1. The van der Waals surface area contributed by atoms with Gasteiger partial charge in [0.25, 0.3) is 0 Å². The standard InChI is InChI=1S/C12H15N3O2/c13-12(14-17)10-6-11(16)15(8-10)7-9-4-2-1-3-5-9/h1-5,10,17H,6-8H2,(H2,13,14)/t10-/m1/s1. The van der Waals surface area contributed by atoms with Crippen LogP contribution in [-0.2, 0) is 11.3 Å². The van der Waals surface area contributed by atoms with Gasteiger partial charge in [-0.15, -0.1) is 0 Å². The first-order valence-electron chi connectivity index (χ1n) is 5.50. The molecule has 1 atom stereocenters. The summed E-state index contributed by atoms with van der Waals surface area (Å²) >= 11 is 0. The van der Waals surface area contributed by atoms with Gasteiger partial charge in [-0.05, 0) is 5.56 Å². The fourth-order valence-electron chi connectivity index (χ4n) is 2.01. The molecule has 0 spiro atoms. The van der Waals surface area contributed by atoms with Crippen LogP contribution in [0.3, 0.4) is 0 Å². The SMILES string of the molecule is N/C(=N/O)[C@@H]1CC(=O)N(Cc2ccccc2)C1. The van der Waals surface area contributed by atoms with Crippen molar-refractivity contribution in [2.45, 2.75) is 13.0 Å². The predicted molar refractivity (Wildman–Crippen MR) is 63.4 cm³/mol. The Morgan fingerprint density at radius 1 is 1.47 bits per heavy atom. The zero-order valence-electron chi connectivity index (χ0n) is 9.41. The number of likely N-dealkylation sites (tertiary alicyclic amines) is 1. The van der Waals surface area contributed by atoms with E-state index in [1.807, 2.05) is 30.3 Å². The highest BCUT2D eigenvalue weighted by atomic mass is 16.4. The Balaban J connectivity index is 2.02. The third-order valence-corrected chi connectivity index (χ3v) is 2.96. The van der Waals surface area contributed by atoms with Gasteiger partial charge in [-0.25, -0.2) is 0 Å². The first kappa shape index (κ1) is 11.4. The summed E-state index contributed by atoms with van der Waals surface area (Å²) in [5.41, 5.74) is 6.60. The maximum absolute atomic E-state index is 11.7. The quantitative estimate of drug-likeness (QED) is 0.350. The minimum absolute atomic E-state index is 0.0467. The van der Waals surface area contributed by atoms with E-state index in [0.717, 1.165) is 5.56 Å². The summed E-state index contributed by atoms with van der Waals surface area (Å²) in [6, 6.07) is 9.77. The van der Waals surface area contributed by atoms with Crippen molar-refractivity contribution in [3.8, 4) is 0 Å². The molecule has 1 heterocycles. The van der Waals surface area contributed by atoms with Crippen LogP contribution in [0.4, 0.5) is 0 Å². The number of amides is 1. The topological polar surface area (TPSA) is 78.9 Å². The van der Waals surface area contributed by atoms with E-state index in [1.54, 1.807) is 4.90 Å². The number of hydrogen-bond acceptors (Lipinski definition) is 3. The molecule has 0 saturated carbocycles.